The summed E-state index contributed by atoms with van der Waals surface area (Å²) < 4.78 is 0. The van der Waals surface area contributed by atoms with Crippen LogP contribution in [-0.4, -0.2) is 22.6 Å². The zero-order valence-electron chi connectivity index (χ0n) is 23.9. The first-order valence-electron chi connectivity index (χ1n) is 14.4. The van der Waals surface area contributed by atoms with Crippen molar-refractivity contribution in [1.82, 2.24) is 10.2 Å². The molecule has 0 saturated carbocycles. The number of nitrogens with one attached hydrogen (secondary N) is 1. The predicted octanol–water partition coefficient (Wildman–Crippen LogP) is 6.48. The molecule has 0 aliphatic heterocycles. The molecule has 0 atom stereocenters. The third-order valence-corrected chi connectivity index (χ3v) is 7.33. The molecule has 0 fully saturated rings. The average molecular weight is 567 g/mol. The number of carbonyl (C=O) groups excluding carboxylic acids is 3. The molecular weight excluding hydrogens is 532 g/mol. The summed E-state index contributed by atoms with van der Waals surface area (Å²) in [6, 6.07) is 46.0. The Kier molecular flexibility index (Phi) is 9.89. The largest absolute Gasteiger partial charge is 0.351 e. The molecule has 0 bridgehead atoms. The Balaban J connectivity index is 1.31. The van der Waals surface area contributed by atoms with Gasteiger partial charge >= 0.3 is 0 Å². The molecule has 0 spiro atoms. The molecule has 0 aromatic heterocycles. The van der Waals surface area contributed by atoms with Gasteiger partial charge in [-0.2, -0.15) is 0 Å². The van der Waals surface area contributed by atoms with Crippen molar-refractivity contribution in [2.45, 2.75) is 31.8 Å². The molecule has 1 N–H and O–H groups in total. The van der Waals surface area contributed by atoms with Crippen LogP contribution in [0.15, 0.2) is 146 Å². The summed E-state index contributed by atoms with van der Waals surface area (Å²) in [4.78, 5) is 41.7. The molecule has 0 aliphatic rings. The van der Waals surface area contributed by atoms with E-state index in [0.717, 1.165) is 33.4 Å². The minimum absolute atomic E-state index is 0.0968. The van der Waals surface area contributed by atoms with Crippen molar-refractivity contribution in [1.29, 1.82) is 0 Å². The topological polar surface area (TPSA) is 66.5 Å². The Morgan fingerprint density at radius 1 is 0.512 bits per heavy atom. The van der Waals surface area contributed by atoms with Gasteiger partial charge in [0, 0.05) is 6.54 Å². The van der Waals surface area contributed by atoms with Gasteiger partial charge in [-0.05, 0) is 33.4 Å². The Bertz CT molecular complexity index is 1550. The number of amides is 3. The minimum Gasteiger partial charge on any atom is -0.351 e. The zero-order valence-corrected chi connectivity index (χ0v) is 23.9. The van der Waals surface area contributed by atoms with Crippen LogP contribution in [0, 0.1) is 0 Å². The monoisotopic (exact) mass is 566 g/mol. The van der Waals surface area contributed by atoms with Crippen molar-refractivity contribution in [2.75, 3.05) is 0 Å². The number of hydrogen-bond donors (Lipinski definition) is 1. The van der Waals surface area contributed by atoms with E-state index < -0.39 is 5.92 Å². The number of carbonyl (C=O) groups is 3. The van der Waals surface area contributed by atoms with Gasteiger partial charge in [0.1, 0.15) is 0 Å². The Morgan fingerprint density at radius 2 is 0.930 bits per heavy atom. The highest BCUT2D eigenvalue weighted by Crippen LogP contribution is 2.25. The summed E-state index contributed by atoms with van der Waals surface area (Å²) >= 11 is 0. The summed E-state index contributed by atoms with van der Waals surface area (Å²) in [7, 11) is 0. The van der Waals surface area contributed by atoms with Crippen LogP contribution in [0.4, 0.5) is 0 Å². The van der Waals surface area contributed by atoms with Gasteiger partial charge in [-0.3, -0.25) is 19.3 Å². The molecule has 214 valence electrons. The van der Waals surface area contributed by atoms with Crippen LogP contribution in [0.1, 0.15) is 39.3 Å². The van der Waals surface area contributed by atoms with Crippen molar-refractivity contribution in [2.24, 2.45) is 0 Å². The predicted molar refractivity (Wildman–Crippen MR) is 169 cm³/mol. The molecule has 0 heterocycles. The first-order chi connectivity index (χ1) is 21.1. The van der Waals surface area contributed by atoms with Gasteiger partial charge in [-0.25, -0.2) is 0 Å². The molecule has 5 rings (SSSR count). The summed E-state index contributed by atoms with van der Waals surface area (Å²) in [5, 5.41) is 3.10. The quantitative estimate of drug-likeness (QED) is 0.199. The van der Waals surface area contributed by atoms with E-state index in [1.54, 1.807) is 0 Å². The van der Waals surface area contributed by atoms with E-state index in [2.05, 4.69) is 5.32 Å². The van der Waals surface area contributed by atoms with Crippen LogP contribution in [0.5, 0.6) is 0 Å². The van der Waals surface area contributed by atoms with Crippen LogP contribution < -0.4 is 5.32 Å². The van der Waals surface area contributed by atoms with Crippen LogP contribution in [-0.2, 0) is 40.3 Å². The molecule has 5 nitrogen and oxygen atoms in total. The number of nitrogens with zero attached hydrogens (tertiary/aromatic N) is 1. The van der Waals surface area contributed by atoms with Gasteiger partial charge < -0.3 is 5.32 Å². The Hall–Kier alpha value is -5.29. The highest BCUT2D eigenvalue weighted by atomic mass is 16.2. The standard InChI is InChI=1S/C38H34N2O3/c41-35(25-29-14-5-1-6-15-29)40(36(42)26-30-16-7-2-8-17-30)28-32-19-13-18-31(24-32)27-39-38(43)37(33-20-9-3-10-21-33)34-22-11-4-12-23-34/h1-24,37H,25-28H2,(H,39,43). The SMILES string of the molecule is O=C(NCc1cccc(CN(C(=O)Cc2ccccc2)C(=O)Cc2ccccc2)c1)C(c1ccccc1)c1ccccc1. The van der Waals surface area contributed by atoms with Crippen LogP contribution in [0.25, 0.3) is 0 Å². The van der Waals surface area contributed by atoms with Crippen molar-refractivity contribution in [3.8, 4) is 0 Å². The van der Waals surface area contributed by atoms with E-state index in [0.29, 0.717) is 6.54 Å². The van der Waals surface area contributed by atoms with Crippen molar-refractivity contribution < 1.29 is 14.4 Å². The minimum atomic E-state index is -0.438. The second kappa shape index (κ2) is 14.6. The third kappa shape index (κ3) is 8.14. The van der Waals surface area contributed by atoms with E-state index in [-0.39, 0.29) is 37.1 Å². The molecule has 43 heavy (non-hydrogen) atoms. The van der Waals surface area contributed by atoms with Crippen molar-refractivity contribution in [3.63, 3.8) is 0 Å². The second-order valence-electron chi connectivity index (χ2n) is 10.5. The number of hydrogen-bond acceptors (Lipinski definition) is 3. The molecular formula is C38H34N2O3. The number of benzene rings is 5. The van der Waals surface area contributed by atoms with Gasteiger partial charge in [-0.15, -0.1) is 0 Å². The molecule has 3 amide bonds. The summed E-state index contributed by atoms with van der Waals surface area (Å²) in [5.74, 6) is -1.04. The lowest BCUT2D eigenvalue weighted by Gasteiger charge is -2.22. The second-order valence-corrected chi connectivity index (χ2v) is 10.5. The van der Waals surface area contributed by atoms with Gasteiger partial charge in [-0.1, -0.05) is 146 Å². The maximum absolute atomic E-state index is 13.5. The molecule has 5 aromatic rings. The van der Waals surface area contributed by atoms with Crippen LogP contribution >= 0.6 is 0 Å². The lowest BCUT2D eigenvalue weighted by molar-refractivity contribution is -0.144. The Morgan fingerprint density at radius 3 is 1.42 bits per heavy atom. The van der Waals surface area contributed by atoms with Crippen LogP contribution in [0.2, 0.25) is 0 Å². The lowest BCUT2D eigenvalue weighted by atomic mass is 9.90. The molecule has 0 aliphatic carbocycles. The molecule has 5 heteroatoms. The summed E-state index contributed by atoms with van der Waals surface area (Å²) in [6.45, 7) is 0.467. The smallest absolute Gasteiger partial charge is 0.233 e. The Labute approximate surface area is 252 Å². The van der Waals surface area contributed by atoms with E-state index in [4.69, 9.17) is 0 Å². The highest BCUT2D eigenvalue weighted by molar-refractivity contribution is 5.97. The molecule has 5 aromatic carbocycles. The third-order valence-electron chi connectivity index (χ3n) is 7.33. The fourth-order valence-electron chi connectivity index (χ4n) is 5.15. The molecule has 0 radical (unpaired) electrons. The fraction of sp³-hybridized carbons (Fsp3) is 0.132. The number of rotatable bonds is 11. The molecule has 0 saturated heterocycles. The van der Waals surface area contributed by atoms with Crippen LogP contribution in [0.3, 0.4) is 0 Å². The normalized spacial score (nSPS) is 10.7. The zero-order chi connectivity index (χ0) is 29.9. The van der Waals surface area contributed by atoms with E-state index in [1.807, 2.05) is 146 Å². The fourth-order valence-corrected chi connectivity index (χ4v) is 5.15. The first kappa shape index (κ1) is 29.2. The van der Waals surface area contributed by atoms with Crippen molar-refractivity contribution in [3.05, 3.63) is 179 Å². The summed E-state index contributed by atoms with van der Waals surface area (Å²) in [6.07, 6.45) is 0.273. The highest BCUT2D eigenvalue weighted by Gasteiger charge is 2.24. The average Bonchev–Trinajstić information content (AvgIpc) is 3.05. The maximum atomic E-state index is 13.5. The first-order valence-corrected chi connectivity index (χ1v) is 14.4. The van der Waals surface area contributed by atoms with Gasteiger partial charge in [0.2, 0.25) is 17.7 Å². The van der Waals surface area contributed by atoms with Gasteiger partial charge in [0.15, 0.2) is 0 Å². The van der Waals surface area contributed by atoms with Crippen molar-refractivity contribution >= 4 is 17.7 Å². The van der Waals surface area contributed by atoms with E-state index in [1.165, 1.54) is 4.90 Å². The summed E-state index contributed by atoms with van der Waals surface area (Å²) in [5.41, 5.74) is 5.25. The maximum Gasteiger partial charge on any atom is 0.233 e. The lowest BCUT2D eigenvalue weighted by Crippen LogP contribution is -2.38. The number of imide groups is 1. The van der Waals surface area contributed by atoms with E-state index >= 15 is 0 Å². The van der Waals surface area contributed by atoms with Gasteiger partial charge in [0.25, 0.3) is 0 Å². The molecule has 0 unspecified atom stereocenters. The van der Waals surface area contributed by atoms with E-state index in [9.17, 15) is 14.4 Å². The van der Waals surface area contributed by atoms with Gasteiger partial charge in [0.05, 0.1) is 25.3 Å².